The van der Waals surface area contributed by atoms with Crippen molar-refractivity contribution in [1.29, 1.82) is 0 Å². The van der Waals surface area contributed by atoms with Crippen LogP contribution in [0.3, 0.4) is 0 Å². The van der Waals surface area contributed by atoms with Crippen LogP contribution in [0.1, 0.15) is 44.1 Å². The number of para-hydroxylation sites is 1. The van der Waals surface area contributed by atoms with Crippen molar-refractivity contribution in [2.75, 3.05) is 12.4 Å². The Morgan fingerprint density at radius 3 is 2.47 bits per heavy atom. The van der Waals surface area contributed by atoms with Crippen LogP contribution in [-0.2, 0) is 13.6 Å². The number of aromatic nitrogens is 1. The van der Waals surface area contributed by atoms with Gasteiger partial charge in [-0.3, -0.25) is 0 Å². The molecule has 0 unspecified atom stereocenters. The Bertz CT molecular complexity index is 987. The number of rotatable bonds is 5. The summed E-state index contributed by atoms with van der Waals surface area (Å²) in [4.78, 5) is 2.42. The number of thiocarbonyl (C=S) groups is 1. The molecule has 4 nitrogen and oxygen atoms in total. The predicted molar refractivity (Wildman–Crippen MR) is 129 cm³/mol. The van der Waals surface area contributed by atoms with Gasteiger partial charge in [0.2, 0.25) is 0 Å². The summed E-state index contributed by atoms with van der Waals surface area (Å²) in [6.45, 7) is 0.827. The van der Waals surface area contributed by atoms with Crippen LogP contribution in [0.15, 0.2) is 54.7 Å². The Morgan fingerprint density at radius 1 is 1.07 bits per heavy atom. The maximum atomic E-state index is 5.95. The van der Waals surface area contributed by atoms with E-state index in [0.717, 1.165) is 23.1 Å². The summed E-state index contributed by atoms with van der Waals surface area (Å²) in [5.41, 5.74) is 3.59. The maximum Gasteiger partial charge on any atom is 0.173 e. The van der Waals surface area contributed by atoms with Crippen LogP contribution in [0, 0.1) is 0 Å². The third-order valence-electron chi connectivity index (χ3n) is 6.19. The van der Waals surface area contributed by atoms with E-state index in [1.54, 1.807) is 7.11 Å². The lowest BCUT2D eigenvalue weighted by Crippen LogP contribution is -2.42. The van der Waals surface area contributed by atoms with E-state index in [2.05, 4.69) is 52.3 Å². The van der Waals surface area contributed by atoms with E-state index in [-0.39, 0.29) is 0 Å². The van der Waals surface area contributed by atoms with Gasteiger partial charge in [0.05, 0.1) is 7.11 Å². The molecule has 1 heterocycles. The van der Waals surface area contributed by atoms with Crippen molar-refractivity contribution in [3.05, 3.63) is 60.3 Å². The molecule has 5 heteroatoms. The van der Waals surface area contributed by atoms with Gasteiger partial charge in [0.25, 0.3) is 0 Å². The molecule has 1 aliphatic rings. The fraction of sp³-hybridized carbons (Fsp3) is 0.400. The Hall–Kier alpha value is -2.53. The number of ether oxygens (including phenoxy) is 1. The SMILES string of the molecule is COc1ccc(NC(=S)N(Cc2cn(C)c3ccccc23)C2CCCCCC2)cc1. The summed E-state index contributed by atoms with van der Waals surface area (Å²) in [6, 6.07) is 17.1. The summed E-state index contributed by atoms with van der Waals surface area (Å²) < 4.78 is 7.50. The average Bonchev–Trinajstić information content (AvgIpc) is 2.93. The van der Waals surface area contributed by atoms with Crippen LogP contribution < -0.4 is 10.1 Å². The summed E-state index contributed by atoms with van der Waals surface area (Å²) in [5.74, 6) is 0.850. The first-order valence-electron chi connectivity index (χ1n) is 10.9. The van der Waals surface area contributed by atoms with Crippen molar-refractivity contribution in [1.82, 2.24) is 9.47 Å². The van der Waals surface area contributed by atoms with Crippen molar-refractivity contribution >= 4 is 33.9 Å². The molecule has 4 rings (SSSR count). The molecule has 2 aromatic carbocycles. The van der Waals surface area contributed by atoms with Crippen LogP contribution in [-0.4, -0.2) is 27.7 Å². The van der Waals surface area contributed by atoms with Crippen LogP contribution in [0.2, 0.25) is 0 Å². The fourth-order valence-electron chi connectivity index (χ4n) is 4.54. The molecule has 3 aromatic rings. The molecule has 0 bridgehead atoms. The third-order valence-corrected chi connectivity index (χ3v) is 6.52. The number of methoxy groups -OCH3 is 1. The number of anilines is 1. The second-order valence-electron chi connectivity index (χ2n) is 8.21. The molecule has 158 valence electrons. The van der Waals surface area contributed by atoms with E-state index < -0.39 is 0 Å². The molecule has 1 N–H and O–H groups in total. The largest absolute Gasteiger partial charge is 0.497 e. The average molecular weight is 422 g/mol. The topological polar surface area (TPSA) is 29.4 Å². The van der Waals surface area contributed by atoms with E-state index in [0.29, 0.717) is 6.04 Å². The van der Waals surface area contributed by atoms with E-state index in [1.807, 2.05) is 24.3 Å². The Morgan fingerprint density at radius 2 is 1.77 bits per heavy atom. The first-order chi connectivity index (χ1) is 14.7. The molecule has 0 atom stereocenters. The molecule has 1 aliphatic carbocycles. The van der Waals surface area contributed by atoms with E-state index in [1.165, 1.54) is 55.0 Å². The summed E-state index contributed by atoms with van der Waals surface area (Å²) in [6.07, 6.45) is 9.88. The molecule has 1 fully saturated rings. The highest BCUT2D eigenvalue weighted by atomic mass is 32.1. The van der Waals surface area contributed by atoms with Crippen LogP contribution in [0.4, 0.5) is 5.69 Å². The first kappa shape index (κ1) is 20.7. The lowest BCUT2D eigenvalue weighted by atomic mass is 10.1. The van der Waals surface area contributed by atoms with Crippen molar-refractivity contribution in [2.45, 2.75) is 51.1 Å². The predicted octanol–water partition coefficient (Wildman–Crippen LogP) is 6.11. The van der Waals surface area contributed by atoms with E-state index >= 15 is 0 Å². The molecule has 0 spiro atoms. The standard InChI is InChI=1S/C25H31N3OS/c1-27-17-19(23-11-7-8-12-24(23)27)18-28(21-9-5-3-4-6-10-21)25(30)26-20-13-15-22(29-2)16-14-20/h7-8,11-17,21H,3-6,9-10,18H2,1-2H3,(H,26,30). The molecule has 30 heavy (non-hydrogen) atoms. The van der Waals surface area contributed by atoms with Crippen molar-refractivity contribution < 1.29 is 4.74 Å². The smallest absolute Gasteiger partial charge is 0.173 e. The van der Waals surface area contributed by atoms with Crippen LogP contribution in [0.25, 0.3) is 10.9 Å². The van der Waals surface area contributed by atoms with Gasteiger partial charge in [-0.15, -0.1) is 0 Å². The lowest BCUT2D eigenvalue weighted by molar-refractivity contribution is 0.281. The number of nitrogens with zero attached hydrogens (tertiary/aromatic N) is 2. The molecular formula is C25H31N3OS. The minimum atomic E-state index is 0.477. The van der Waals surface area contributed by atoms with Gasteiger partial charge in [-0.25, -0.2) is 0 Å². The van der Waals surface area contributed by atoms with Crippen LogP contribution >= 0.6 is 12.2 Å². The first-order valence-corrected chi connectivity index (χ1v) is 11.3. The van der Waals surface area contributed by atoms with Gasteiger partial charge < -0.3 is 19.5 Å². The van der Waals surface area contributed by atoms with Gasteiger partial charge in [0, 0.05) is 42.4 Å². The Balaban J connectivity index is 1.60. The van der Waals surface area contributed by atoms with Gasteiger partial charge >= 0.3 is 0 Å². The number of hydrogen-bond donors (Lipinski definition) is 1. The van der Waals surface area contributed by atoms with Gasteiger partial charge in [-0.05, 0) is 61.0 Å². The highest BCUT2D eigenvalue weighted by Gasteiger charge is 2.24. The van der Waals surface area contributed by atoms with Gasteiger partial charge in [-0.2, -0.15) is 0 Å². The summed E-state index contributed by atoms with van der Waals surface area (Å²) >= 11 is 5.95. The Labute approximate surface area is 184 Å². The molecular weight excluding hydrogens is 390 g/mol. The summed E-state index contributed by atoms with van der Waals surface area (Å²) in [5, 5.41) is 5.60. The highest BCUT2D eigenvalue weighted by molar-refractivity contribution is 7.80. The maximum absolute atomic E-state index is 5.95. The van der Waals surface area contributed by atoms with Crippen LogP contribution in [0.5, 0.6) is 5.75 Å². The van der Waals surface area contributed by atoms with E-state index in [9.17, 15) is 0 Å². The second-order valence-corrected chi connectivity index (χ2v) is 8.60. The minimum Gasteiger partial charge on any atom is -0.497 e. The molecule has 1 saturated carbocycles. The van der Waals surface area contributed by atoms with Gasteiger partial charge in [-0.1, -0.05) is 43.9 Å². The quantitative estimate of drug-likeness (QED) is 0.398. The number of nitrogens with one attached hydrogen (secondary N) is 1. The van der Waals surface area contributed by atoms with Crippen molar-refractivity contribution in [3.8, 4) is 5.75 Å². The number of hydrogen-bond acceptors (Lipinski definition) is 2. The van der Waals surface area contributed by atoms with Gasteiger partial charge in [0.15, 0.2) is 5.11 Å². The normalized spacial score (nSPS) is 15.0. The zero-order valence-corrected chi connectivity index (χ0v) is 18.8. The molecule has 1 aromatic heterocycles. The number of benzene rings is 2. The third kappa shape index (κ3) is 4.62. The zero-order valence-electron chi connectivity index (χ0n) is 17.9. The second kappa shape index (κ2) is 9.52. The monoisotopic (exact) mass is 421 g/mol. The molecule has 0 aliphatic heterocycles. The molecule has 0 radical (unpaired) electrons. The van der Waals surface area contributed by atoms with E-state index in [4.69, 9.17) is 17.0 Å². The molecule has 0 saturated heterocycles. The minimum absolute atomic E-state index is 0.477. The highest BCUT2D eigenvalue weighted by Crippen LogP contribution is 2.28. The molecule has 0 amide bonds. The summed E-state index contributed by atoms with van der Waals surface area (Å²) in [7, 11) is 3.81. The van der Waals surface area contributed by atoms with Crippen molar-refractivity contribution in [2.24, 2.45) is 7.05 Å². The van der Waals surface area contributed by atoms with Crippen molar-refractivity contribution in [3.63, 3.8) is 0 Å². The Kier molecular flexibility index (Phi) is 6.58. The zero-order chi connectivity index (χ0) is 20.9. The lowest BCUT2D eigenvalue weighted by Gasteiger charge is -2.33. The number of aryl methyl sites for hydroxylation is 1. The fourth-order valence-corrected chi connectivity index (χ4v) is 4.87. The number of fused-ring (bicyclic) bond motifs is 1. The van der Waals surface area contributed by atoms with Gasteiger partial charge in [0.1, 0.15) is 5.75 Å².